The van der Waals surface area contributed by atoms with E-state index in [0.717, 1.165) is 10.5 Å². The molecular weight excluding hydrogens is 327 g/mol. The second-order valence-corrected chi connectivity index (χ2v) is 6.63. The van der Waals surface area contributed by atoms with Gasteiger partial charge in [-0.15, -0.1) is 11.8 Å². The highest BCUT2D eigenvalue weighted by atomic mass is 35.5. The van der Waals surface area contributed by atoms with Crippen molar-refractivity contribution in [1.29, 1.82) is 0 Å². The number of carbonyl (C=O) groups excluding carboxylic acids is 1. The van der Waals surface area contributed by atoms with Crippen LogP contribution in [0, 0.1) is 0 Å². The molecule has 110 valence electrons. The monoisotopic (exact) mass is 340 g/mol. The van der Waals surface area contributed by atoms with Crippen LogP contribution in [0.4, 0.5) is 0 Å². The van der Waals surface area contributed by atoms with Gasteiger partial charge in [-0.25, -0.2) is 0 Å². The van der Waals surface area contributed by atoms with E-state index in [9.17, 15) is 4.79 Å². The smallest absolute Gasteiger partial charge is 0.233 e. The van der Waals surface area contributed by atoms with Crippen LogP contribution in [0.15, 0.2) is 47.6 Å². The van der Waals surface area contributed by atoms with Gasteiger partial charge in [-0.3, -0.25) is 9.78 Å². The summed E-state index contributed by atoms with van der Waals surface area (Å²) in [6.45, 7) is 2.32. The van der Waals surface area contributed by atoms with Crippen LogP contribution in [0.1, 0.15) is 12.5 Å². The van der Waals surface area contributed by atoms with Crippen LogP contribution in [0.5, 0.6) is 0 Å². The first kappa shape index (κ1) is 16.1. The first-order chi connectivity index (χ1) is 10.1. The summed E-state index contributed by atoms with van der Waals surface area (Å²) >= 11 is 13.4. The Kier molecular flexibility index (Phi) is 5.91. The highest BCUT2D eigenvalue weighted by Crippen LogP contribution is 2.32. The van der Waals surface area contributed by atoms with Crippen LogP contribution in [-0.2, 0) is 11.3 Å². The van der Waals surface area contributed by atoms with Crippen LogP contribution >= 0.6 is 35.0 Å². The Morgan fingerprint density at radius 1 is 1.29 bits per heavy atom. The van der Waals surface area contributed by atoms with Gasteiger partial charge in [0.15, 0.2) is 0 Å². The molecule has 0 saturated carbocycles. The van der Waals surface area contributed by atoms with Gasteiger partial charge in [-0.05, 0) is 42.8 Å². The molecule has 2 aromatic rings. The molecule has 1 heterocycles. The summed E-state index contributed by atoms with van der Waals surface area (Å²) in [5.41, 5.74) is 1.01. The average molecular weight is 341 g/mol. The second kappa shape index (κ2) is 7.69. The number of hydrogen-bond donors (Lipinski definition) is 1. The molecule has 1 aromatic carbocycles. The fourth-order valence-corrected chi connectivity index (χ4v) is 3.08. The number of rotatable bonds is 5. The lowest BCUT2D eigenvalue weighted by atomic mass is 10.2. The van der Waals surface area contributed by atoms with Crippen molar-refractivity contribution in [1.82, 2.24) is 10.3 Å². The topological polar surface area (TPSA) is 42.0 Å². The van der Waals surface area contributed by atoms with Crippen molar-refractivity contribution in [3.05, 3.63) is 58.3 Å². The van der Waals surface area contributed by atoms with Gasteiger partial charge in [0.2, 0.25) is 5.91 Å². The van der Waals surface area contributed by atoms with Crippen LogP contribution in [0.2, 0.25) is 10.0 Å². The van der Waals surface area contributed by atoms with E-state index < -0.39 is 0 Å². The minimum Gasteiger partial charge on any atom is -0.351 e. The Balaban J connectivity index is 1.92. The summed E-state index contributed by atoms with van der Waals surface area (Å²) in [7, 11) is 0. The van der Waals surface area contributed by atoms with E-state index >= 15 is 0 Å². The Hall–Kier alpha value is -1.23. The number of thioether (sulfide) groups is 1. The molecule has 0 saturated heterocycles. The molecular formula is C15H14Cl2N2OS. The van der Waals surface area contributed by atoms with Crippen molar-refractivity contribution in [3.63, 3.8) is 0 Å². The lowest BCUT2D eigenvalue weighted by molar-refractivity contribution is -0.120. The number of benzene rings is 1. The zero-order valence-electron chi connectivity index (χ0n) is 11.3. The molecule has 0 aliphatic rings. The molecule has 0 fully saturated rings. The van der Waals surface area contributed by atoms with Gasteiger partial charge in [0.1, 0.15) is 0 Å². The minimum atomic E-state index is -0.261. The van der Waals surface area contributed by atoms with Gasteiger partial charge >= 0.3 is 0 Å². The van der Waals surface area contributed by atoms with Crippen molar-refractivity contribution in [2.24, 2.45) is 0 Å². The molecule has 0 unspecified atom stereocenters. The predicted molar refractivity (Wildman–Crippen MR) is 87.9 cm³/mol. The summed E-state index contributed by atoms with van der Waals surface area (Å²) in [4.78, 5) is 16.8. The van der Waals surface area contributed by atoms with E-state index in [1.807, 2.05) is 19.1 Å². The van der Waals surface area contributed by atoms with Crippen molar-refractivity contribution >= 4 is 40.9 Å². The highest BCUT2D eigenvalue weighted by molar-refractivity contribution is 8.00. The molecule has 0 aliphatic heterocycles. The maximum atomic E-state index is 12.1. The molecule has 1 amide bonds. The maximum absolute atomic E-state index is 12.1. The number of aromatic nitrogens is 1. The second-order valence-electron chi connectivity index (χ2n) is 4.41. The zero-order chi connectivity index (χ0) is 15.2. The molecule has 1 atom stereocenters. The molecule has 6 heteroatoms. The van der Waals surface area contributed by atoms with Crippen molar-refractivity contribution in [2.75, 3.05) is 0 Å². The molecule has 0 spiro atoms. The maximum Gasteiger partial charge on any atom is 0.233 e. The van der Waals surface area contributed by atoms with E-state index in [1.54, 1.807) is 30.6 Å². The SMILES string of the molecule is C[C@@H](Sc1cc(Cl)ccc1Cl)C(=O)NCc1ccncc1. The number of nitrogens with zero attached hydrogens (tertiary/aromatic N) is 1. The lowest BCUT2D eigenvalue weighted by Gasteiger charge is -2.13. The van der Waals surface area contributed by atoms with Gasteiger partial charge in [0.25, 0.3) is 0 Å². The van der Waals surface area contributed by atoms with Crippen molar-refractivity contribution < 1.29 is 4.79 Å². The summed E-state index contributed by atoms with van der Waals surface area (Å²) in [6, 6.07) is 8.95. The Bertz CT molecular complexity index is 622. The molecule has 3 nitrogen and oxygen atoms in total. The third-order valence-electron chi connectivity index (χ3n) is 2.78. The molecule has 0 radical (unpaired) electrons. The number of nitrogens with one attached hydrogen (secondary N) is 1. The summed E-state index contributed by atoms with van der Waals surface area (Å²) in [6.07, 6.45) is 3.40. The lowest BCUT2D eigenvalue weighted by Crippen LogP contribution is -2.30. The number of pyridine rings is 1. The van der Waals surface area contributed by atoms with E-state index in [2.05, 4.69) is 10.3 Å². The summed E-state index contributed by atoms with van der Waals surface area (Å²) in [5.74, 6) is -0.0483. The third kappa shape index (κ3) is 4.92. The quantitative estimate of drug-likeness (QED) is 0.830. The standard InChI is InChI=1S/C15H14Cl2N2OS/c1-10(21-14-8-12(16)2-3-13(14)17)15(20)19-9-11-4-6-18-7-5-11/h2-8,10H,9H2,1H3,(H,19,20)/t10-/m1/s1. The Morgan fingerprint density at radius 3 is 2.71 bits per heavy atom. The van der Waals surface area contributed by atoms with E-state index in [4.69, 9.17) is 23.2 Å². The summed E-state index contributed by atoms with van der Waals surface area (Å²) in [5, 5.41) is 3.83. The number of amides is 1. The Labute approximate surface area is 138 Å². The molecule has 0 bridgehead atoms. The zero-order valence-corrected chi connectivity index (χ0v) is 13.7. The van der Waals surface area contributed by atoms with Crippen LogP contribution in [0.3, 0.4) is 0 Å². The van der Waals surface area contributed by atoms with Gasteiger partial charge < -0.3 is 5.32 Å². The van der Waals surface area contributed by atoms with Crippen molar-refractivity contribution in [3.8, 4) is 0 Å². The normalized spacial score (nSPS) is 12.0. The first-order valence-corrected chi connectivity index (χ1v) is 7.98. The van der Waals surface area contributed by atoms with Gasteiger partial charge in [0.05, 0.1) is 10.3 Å². The number of halogens is 2. The molecule has 1 aromatic heterocycles. The van der Waals surface area contributed by atoms with E-state index in [0.29, 0.717) is 16.6 Å². The molecule has 0 aliphatic carbocycles. The van der Waals surface area contributed by atoms with Gasteiger partial charge in [-0.2, -0.15) is 0 Å². The van der Waals surface area contributed by atoms with Gasteiger partial charge in [0, 0.05) is 28.9 Å². The van der Waals surface area contributed by atoms with Crippen LogP contribution in [0.25, 0.3) is 0 Å². The fourth-order valence-electron chi connectivity index (χ4n) is 1.65. The molecule has 2 rings (SSSR count). The first-order valence-electron chi connectivity index (χ1n) is 6.34. The van der Waals surface area contributed by atoms with Gasteiger partial charge in [-0.1, -0.05) is 23.2 Å². The minimum absolute atomic E-state index is 0.0483. The van der Waals surface area contributed by atoms with Crippen molar-refractivity contribution in [2.45, 2.75) is 23.6 Å². The average Bonchev–Trinajstić information content (AvgIpc) is 2.49. The van der Waals surface area contributed by atoms with Crippen LogP contribution in [-0.4, -0.2) is 16.1 Å². The van der Waals surface area contributed by atoms with Crippen LogP contribution < -0.4 is 5.32 Å². The number of hydrogen-bond acceptors (Lipinski definition) is 3. The Morgan fingerprint density at radius 2 is 2.00 bits per heavy atom. The number of carbonyl (C=O) groups is 1. The molecule has 21 heavy (non-hydrogen) atoms. The van der Waals surface area contributed by atoms with E-state index in [-0.39, 0.29) is 11.2 Å². The van der Waals surface area contributed by atoms with E-state index in [1.165, 1.54) is 11.8 Å². The fraction of sp³-hybridized carbons (Fsp3) is 0.200. The third-order valence-corrected chi connectivity index (χ3v) is 4.62. The largest absolute Gasteiger partial charge is 0.351 e. The highest BCUT2D eigenvalue weighted by Gasteiger charge is 2.15. The molecule has 1 N–H and O–H groups in total. The summed E-state index contributed by atoms with van der Waals surface area (Å²) < 4.78 is 0. The predicted octanol–water partition coefficient (Wildman–Crippen LogP) is 4.19.